The Morgan fingerprint density at radius 2 is 2.06 bits per heavy atom. The average molecular weight is 235 g/mol. The summed E-state index contributed by atoms with van der Waals surface area (Å²) in [7, 11) is 0. The molecule has 1 aromatic rings. The number of rotatable bonds is 4. The summed E-state index contributed by atoms with van der Waals surface area (Å²) in [5.41, 5.74) is 3.75. The van der Waals surface area contributed by atoms with Crippen LogP contribution in [0.5, 0.6) is 0 Å². The zero-order valence-electron chi connectivity index (χ0n) is 9.68. The molecule has 0 aliphatic carbocycles. The first kappa shape index (κ1) is 13.0. The van der Waals surface area contributed by atoms with Crippen LogP contribution in [0.1, 0.15) is 24.9 Å². The van der Waals surface area contributed by atoms with Gasteiger partial charge in [-0.05, 0) is 12.5 Å². The Kier molecular flexibility index (Phi) is 4.96. The zero-order valence-corrected chi connectivity index (χ0v) is 9.68. The van der Waals surface area contributed by atoms with Crippen molar-refractivity contribution in [3.8, 4) is 0 Å². The highest BCUT2D eigenvalue weighted by Crippen LogP contribution is 2.16. The molecule has 0 saturated carbocycles. The summed E-state index contributed by atoms with van der Waals surface area (Å²) >= 11 is 0. The third-order valence-corrected chi connectivity index (χ3v) is 2.36. The van der Waals surface area contributed by atoms with Gasteiger partial charge < -0.3 is 11.2 Å². The maximum Gasteiger partial charge on any atom is 0.329 e. The van der Waals surface area contributed by atoms with Gasteiger partial charge in [0.05, 0.1) is 6.04 Å². The van der Waals surface area contributed by atoms with Crippen LogP contribution in [0.4, 0.5) is 4.79 Å². The Balaban J connectivity index is 2.83. The normalized spacial score (nSPS) is 12.9. The molecule has 0 bridgehead atoms. The summed E-state index contributed by atoms with van der Waals surface area (Å²) in [5, 5.41) is 6.34. The van der Waals surface area contributed by atoms with Crippen LogP contribution in [0.15, 0.2) is 35.4 Å². The van der Waals surface area contributed by atoms with Crippen molar-refractivity contribution in [2.75, 3.05) is 0 Å². The van der Waals surface area contributed by atoms with Crippen molar-refractivity contribution in [3.63, 3.8) is 0 Å². The number of nitrogens with one attached hydrogen (secondary N) is 2. The summed E-state index contributed by atoms with van der Waals surface area (Å²) < 4.78 is 0. The van der Waals surface area contributed by atoms with Crippen molar-refractivity contribution in [1.82, 2.24) is 10.7 Å². The van der Waals surface area contributed by atoms with Crippen molar-refractivity contribution < 1.29 is 4.79 Å². The number of amides is 2. The minimum Gasteiger partial charge on any atom is -0.330 e. The van der Waals surface area contributed by atoms with Crippen molar-refractivity contribution >= 4 is 11.7 Å². The minimum atomic E-state index is -0.441. The largest absolute Gasteiger partial charge is 0.330 e. The van der Waals surface area contributed by atoms with Crippen LogP contribution in [0, 0.1) is 0 Å². The summed E-state index contributed by atoms with van der Waals surface area (Å²) in [6.45, 7) is 1.80. The molecule has 0 heterocycles. The molecule has 6 heteroatoms. The van der Waals surface area contributed by atoms with Gasteiger partial charge in [0.15, 0.2) is 0 Å². The molecule has 0 fully saturated rings. The third-order valence-electron chi connectivity index (χ3n) is 2.36. The van der Waals surface area contributed by atoms with Gasteiger partial charge in [-0.25, -0.2) is 10.6 Å². The highest BCUT2D eigenvalue weighted by molar-refractivity contribution is 5.83. The number of hydrazine groups is 1. The third kappa shape index (κ3) is 4.12. The van der Waals surface area contributed by atoms with Gasteiger partial charge in [-0.15, -0.1) is 0 Å². The molecule has 0 spiro atoms. The van der Waals surface area contributed by atoms with Gasteiger partial charge >= 0.3 is 6.03 Å². The van der Waals surface area contributed by atoms with E-state index in [1.807, 2.05) is 35.8 Å². The van der Waals surface area contributed by atoms with E-state index in [-0.39, 0.29) is 6.04 Å². The summed E-state index contributed by atoms with van der Waals surface area (Å²) in [6, 6.07) is 8.92. The number of hydrazone groups is 1. The molecule has 6 N–H and O–H groups in total. The standard InChI is InChI=1S/C11H17N5O/c1-8(15-12)7-10(14-11(17)16-13)9-5-3-2-4-6-9/h2-6,10H,7,12-13H2,1H3,(H2,14,16,17)/b15-8+. The maximum absolute atomic E-state index is 11.2. The Labute approximate surface area is 100 Å². The molecule has 92 valence electrons. The van der Waals surface area contributed by atoms with E-state index in [4.69, 9.17) is 11.7 Å². The van der Waals surface area contributed by atoms with Crippen LogP contribution in [0.2, 0.25) is 0 Å². The molecule has 0 saturated heterocycles. The quantitative estimate of drug-likeness (QED) is 0.266. The van der Waals surface area contributed by atoms with Crippen molar-refractivity contribution in [2.45, 2.75) is 19.4 Å². The molecule has 6 nitrogen and oxygen atoms in total. The molecule has 0 aliphatic heterocycles. The van der Waals surface area contributed by atoms with E-state index < -0.39 is 6.03 Å². The lowest BCUT2D eigenvalue weighted by Crippen LogP contribution is -2.42. The van der Waals surface area contributed by atoms with Crippen LogP contribution in [-0.4, -0.2) is 11.7 Å². The zero-order chi connectivity index (χ0) is 12.7. The Hall–Kier alpha value is -2.08. The highest BCUT2D eigenvalue weighted by atomic mass is 16.2. The fourth-order valence-corrected chi connectivity index (χ4v) is 1.49. The predicted octanol–water partition coefficient (Wildman–Crippen LogP) is 0.625. The van der Waals surface area contributed by atoms with E-state index in [1.54, 1.807) is 6.92 Å². The fourth-order valence-electron chi connectivity index (χ4n) is 1.49. The lowest BCUT2D eigenvalue weighted by molar-refractivity contribution is 0.237. The van der Waals surface area contributed by atoms with Crippen molar-refractivity contribution in [2.24, 2.45) is 16.8 Å². The van der Waals surface area contributed by atoms with Gasteiger partial charge in [0, 0.05) is 12.1 Å². The fraction of sp³-hybridized carbons (Fsp3) is 0.273. The van der Waals surface area contributed by atoms with Gasteiger partial charge in [-0.1, -0.05) is 30.3 Å². The van der Waals surface area contributed by atoms with E-state index in [1.165, 1.54) is 0 Å². The van der Waals surface area contributed by atoms with Gasteiger partial charge in [-0.2, -0.15) is 5.10 Å². The molecule has 0 aromatic heterocycles. The van der Waals surface area contributed by atoms with Gasteiger partial charge in [0.2, 0.25) is 0 Å². The van der Waals surface area contributed by atoms with Gasteiger partial charge in [0.1, 0.15) is 0 Å². The van der Waals surface area contributed by atoms with Crippen LogP contribution < -0.4 is 22.4 Å². The van der Waals surface area contributed by atoms with Gasteiger partial charge in [0.25, 0.3) is 0 Å². The minimum absolute atomic E-state index is 0.202. The molecule has 0 radical (unpaired) electrons. The first-order chi connectivity index (χ1) is 8.17. The Morgan fingerprint density at radius 1 is 1.41 bits per heavy atom. The molecule has 1 rings (SSSR count). The number of nitrogens with two attached hydrogens (primary N) is 2. The molecule has 1 unspecified atom stereocenters. The average Bonchev–Trinajstić information content (AvgIpc) is 2.38. The molecular formula is C11H17N5O. The topological polar surface area (TPSA) is 106 Å². The van der Waals surface area contributed by atoms with Crippen molar-refractivity contribution in [1.29, 1.82) is 0 Å². The smallest absolute Gasteiger partial charge is 0.329 e. The van der Waals surface area contributed by atoms with Crippen molar-refractivity contribution in [3.05, 3.63) is 35.9 Å². The summed E-state index contributed by atoms with van der Waals surface area (Å²) in [4.78, 5) is 11.2. The molecule has 2 amide bonds. The van der Waals surface area contributed by atoms with Crippen LogP contribution in [0.25, 0.3) is 0 Å². The lowest BCUT2D eigenvalue weighted by atomic mass is 10.0. The second-order valence-electron chi connectivity index (χ2n) is 3.65. The first-order valence-corrected chi connectivity index (χ1v) is 5.22. The second kappa shape index (κ2) is 6.49. The van der Waals surface area contributed by atoms with Crippen LogP contribution in [0.3, 0.4) is 0 Å². The number of benzene rings is 1. The molecule has 17 heavy (non-hydrogen) atoms. The Morgan fingerprint density at radius 3 is 2.59 bits per heavy atom. The molecular weight excluding hydrogens is 218 g/mol. The monoisotopic (exact) mass is 235 g/mol. The van der Waals surface area contributed by atoms with Gasteiger partial charge in [-0.3, -0.25) is 5.43 Å². The van der Waals surface area contributed by atoms with E-state index in [9.17, 15) is 4.79 Å². The van der Waals surface area contributed by atoms with E-state index >= 15 is 0 Å². The molecule has 1 atom stereocenters. The number of hydrogen-bond donors (Lipinski definition) is 4. The summed E-state index contributed by atoms with van der Waals surface area (Å²) in [5.74, 6) is 10.2. The van der Waals surface area contributed by atoms with Crippen LogP contribution in [-0.2, 0) is 0 Å². The lowest BCUT2D eigenvalue weighted by Gasteiger charge is -2.18. The number of carbonyl (C=O) groups excluding carboxylic acids is 1. The number of nitrogens with zero attached hydrogens (tertiary/aromatic N) is 1. The highest BCUT2D eigenvalue weighted by Gasteiger charge is 2.14. The molecule has 1 aromatic carbocycles. The Bertz CT molecular complexity index is 390. The number of hydrogen-bond acceptors (Lipinski definition) is 4. The summed E-state index contributed by atoms with van der Waals surface area (Å²) in [6.07, 6.45) is 0.536. The predicted molar refractivity (Wildman–Crippen MR) is 67.0 cm³/mol. The number of urea groups is 1. The second-order valence-corrected chi connectivity index (χ2v) is 3.65. The number of carbonyl (C=O) groups is 1. The van der Waals surface area contributed by atoms with E-state index in [2.05, 4.69) is 10.4 Å². The SMILES string of the molecule is C/C(CC(NC(=O)NN)c1ccccc1)=N\N. The van der Waals surface area contributed by atoms with E-state index in [0.717, 1.165) is 11.3 Å². The maximum atomic E-state index is 11.2. The van der Waals surface area contributed by atoms with Crippen LogP contribution >= 0.6 is 0 Å². The van der Waals surface area contributed by atoms with E-state index in [0.29, 0.717) is 6.42 Å². The first-order valence-electron chi connectivity index (χ1n) is 5.22. The molecule has 0 aliphatic rings.